The minimum Gasteiger partial charge on any atom is -0.383 e. The molecule has 2 heterocycles. The van der Waals surface area contributed by atoms with E-state index in [0.29, 0.717) is 32.1 Å². The Morgan fingerprint density at radius 3 is 2.85 bits per heavy atom. The van der Waals surface area contributed by atoms with Crippen LogP contribution in [-0.4, -0.2) is 59.7 Å². The monoisotopic (exact) mass is 282 g/mol. The van der Waals surface area contributed by atoms with Crippen LogP contribution in [-0.2, 0) is 16.0 Å². The molecule has 7 heteroatoms. The van der Waals surface area contributed by atoms with Crippen molar-refractivity contribution in [2.45, 2.75) is 32.6 Å². The summed E-state index contributed by atoms with van der Waals surface area (Å²) in [6.07, 6.45) is 1.94. The number of nitrogens with zero attached hydrogens (tertiary/aromatic N) is 3. The fraction of sp³-hybridized carbons (Fsp3) is 0.692. The number of anilines is 1. The lowest BCUT2D eigenvalue weighted by molar-refractivity contribution is -0.0530. The fourth-order valence-electron chi connectivity index (χ4n) is 2.27. The number of morpholine rings is 1. The Balaban J connectivity index is 1.88. The number of ether oxygens (including phenoxy) is 2. The molecule has 2 rings (SSSR count). The van der Waals surface area contributed by atoms with Gasteiger partial charge in [0.1, 0.15) is 0 Å². The van der Waals surface area contributed by atoms with E-state index < -0.39 is 0 Å². The lowest BCUT2D eigenvalue weighted by atomic mass is 10.2. The second-order valence-electron chi connectivity index (χ2n) is 5.05. The standard InChI is InChI=1S/C13H22N4O3/c1-10-8-16(9-11(2)20-10)13(18)14-12-4-5-17(15-12)6-7-19-3/h4-5,10-11H,6-9H2,1-3H3,(H,14,15,18). The molecular weight excluding hydrogens is 260 g/mol. The van der Waals surface area contributed by atoms with Crippen LogP contribution in [0, 0.1) is 0 Å². The van der Waals surface area contributed by atoms with Crippen LogP contribution >= 0.6 is 0 Å². The van der Waals surface area contributed by atoms with Crippen LogP contribution < -0.4 is 5.32 Å². The topological polar surface area (TPSA) is 68.6 Å². The average Bonchev–Trinajstić information content (AvgIpc) is 2.82. The number of amides is 2. The lowest BCUT2D eigenvalue weighted by Crippen LogP contribution is -2.49. The number of aromatic nitrogens is 2. The van der Waals surface area contributed by atoms with E-state index in [4.69, 9.17) is 9.47 Å². The van der Waals surface area contributed by atoms with Crippen LogP contribution in [0.5, 0.6) is 0 Å². The maximum atomic E-state index is 12.2. The molecule has 1 saturated heterocycles. The van der Waals surface area contributed by atoms with Gasteiger partial charge in [-0.3, -0.25) is 10.00 Å². The predicted molar refractivity (Wildman–Crippen MR) is 74.7 cm³/mol. The van der Waals surface area contributed by atoms with E-state index in [1.54, 1.807) is 22.8 Å². The number of hydrogen-bond donors (Lipinski definition) is 1. The van der Waals surface area contributed by atoms with E-state index in [2.05, 4.69) is 10.4 Å². The van der Waals surface area contributed by atoms with Crippen LogP contribution in [0.3, 0.4) is 0 Å². The molecule has 2 unspecified atom stereocenters. The summed E-state index contributed by atoms with van der Waals surface area (Å²) in [5.41, 5.74) is 0. The van der Waals surface area contributed by atoms with Gasteiger partial charge in [-0.1, -0.05) is 0 Å². The molecule has 0 aliphatic carbocycles. The molecule has 2 amide bonds. The summed E-state index contributed by atoms with van der Waals surface area (Å²) in [7, 11) is 1.65. The van der Waals surface area contributed by atoms with Crippen molar-refractivity contribution >= 4 is 11.8 Å². The van der Waals surface area contributed by atoms with Crippen LogP contribution in [0.2, 0.25) is 0 Å². The van der Waals surface area contributed by atoms with E-state index >= 15 is 0 Å². The summed E-state index contributed by atoms with van der Waals surface area (Å²) in [5.74, 6) is 0.554. The summed E-state index contributed by atoms with van der Waals surface area (Å²) < 4.78 is 12.3. The highest BCUT2D eigenvalue weighted by molar-refractivity contribution is 5.88. The summed E-state index contributed by atoms with van der Waals surface area (Å²) in [6, 6.07) is 1.64. The summed E-state index contributed by atoms with van der Waals surface area (Å²) in [4.78, 5) is 13.9. The summed E-state index contributed by atoms with van der Waals surface area (Å²) >= 11 is 0. The predicted octanol–water partition coefficient (Wildman–Crippen LogP) is 1.17. The molecule has 0 aromatic carbocycles. The van der Waals surface area contributed by atoms with E-state index in [9.17, 15) is 4.79 Å². The molecule has 0 bridgehead atoms. The number of carbonyl (C=O) groups is 1. The van der Waals surface area contributed by atoms with Gasteiger partial charge in [-0.05, 0) is 13.8 Å². The molecule has 0 spiro atoms. The van der Waals surface area contributed by atoms with Crippen molar-refractivity contribution in [3.05, 3.63) is 12.3 Å². The van der Waals surface area contributed by atoms with Crippen LogP contribution in [0.25, 0.3) is 0 Å². The first-order valence-corrected chi connectivity index (χ1v) is 6.82. The molecule has 1 fully saturated rings. The van der Waals surface area contributed by atoms with Crippen molar-refractivity contribution < 1.29 is 14.3 Å². The first kappa shape index (κ1) is 14.8. The maximum Gasteiger partial charge on any atom is 0.323 e. The van der Waals surface area contributed by atoms with E-state index in [0.717, 1.165) is 0 Å². The third kappa shape index (κ3) is 3.94. The van der Waals surface area contributed by atoms with Crippen molar-refractivity contribution in [3.8, 4) is 0 Å². The Hall–Kier alpha value is -1.60. The highest BCUT2D eigenvalue weighted by Gasteiger charge is 2.26. The van der Waals surface area contributed by atoms with Crippen molar-refractivity contribution in [2.75, 3.05) is 32.1 Å². The SMILES string of the molecule is COCCn1ccc(NC(=O)N2CC(C)OC(C)C2)n1. The van der Waals surface area contributed by atoms with E-state index in [1.165, 1.54) is 0 Å². The van der Waals surface area contributed by atoms with Gasteiger partial charge in [-0.25, -0.2) is 4.79 Å². The van der Waals surface area contributed by atoms with Gasteiger partial charge in [-0.2, -0.15) is 5.10 Å². The highest BCUT2D eigenvalue weighted by atomic mass is 16.5. The molecule has 0 radical (unpaired) electrons. The lowest BCUT2D eigenvalue weighted by Gasteiger charge is -2.35. The van der Waals surface area contributed by atoms with Crippen molar-refractivity contribution in [2.24, 2.45) is 0 Å². The zero-order chi connectivity index (χ0) is 14.5. The second kappa shape index (κ2) is 6.71. The Morgan fingerprint density at radius 2 is 2.20 bits per heavy atom. The molecule has 1 N–H and O–H groups in total. The number of nitrogens with one attached hydrogen (secondary N) is 1. The molecule has 1 aromatic heterocycles. The largest absolute Gasteiger partial charge is 0.383 e. The van der Waals surface area contributed by atoms with Gasteiger partial charge in [0.15, 0.2) is 5.82 Å². The van der Waals surface area contributed by atoms with Crippen molar-refractivity contribution in [1.82, 2.24) is 14.7 Å². The number of rotatable bonds is 4. The third-order valence-electron chi connectivity index (χ3n) is 3.11. The normalized spacial score (nSPS) is 22.9. The zero-order valence-corrected chi connectivity index (χ0v) is 12.2. The molecule has 1 aromatic rings. The van der Waals surface area contributed by atoms with E-state index in [1.807, 2.05) is 20.0 Å². The molecule has 7 nitrogen and oxygen atoms in total. The third-order valence-corrected chi connectivity index (χ3v) is 3.11. The van der Waals surface area contributed by atoms with Gasteiger partial charge in [0.05, 0.1) is 25.4 Å². The first-order chi connectivity index (χ1) is 9.58. The fourth-order valence-corrected chi connectivity index (χ4v) is 2.27. The van der Waals surface area contributed by atoms with Crippen molar-refractivity contribution in [3.63, 3.8) is 0 Å². The number of methoxy groups -OCH3 is 1. The molecule has 1 aliphatic rings. The van der Waals surface area contributed by atoms with Crippen molar-refractivity contribution in [1.29, 1.82) is 0 Å². The second-order valence-corrected chi connectivity index (χ2v) is 5.05. The van der Waals surface area contributed by atoms with Gasteiger partial charge >= 0.3 is 6.03 Å². The Labute approximate surface area is 118 Å². The Bertz CT molecular complexity index is 439. The zero-order valence-electron chi connectivity index (χ0n) is 12.2. The minimum absolute atomic E-state index is 0.0590. The maximum absolute atomic E-state index is 12.2. The summed E-state index contributed by atoms with van der Waals surface area (Å²) in [5, 5.41) is 7.08. The van der Waals surface area contributed by atoms with Gasteiger partial charge in [0, 0.05) is 32.5 Å². The number of urea groups is 1. The quantitative estimate of drug-likeness (QED) is 0.900. The molecule has 2 atom stereocenters. The molecular formula is C13H22N4O3. The van der Waals surface area contributed by atoms with Gasteiger partial charge in [-0.15, -0.1) is 0 Å². The van der Waals surface area contributed by atoms with Gasteiger partial charge in [0.2, 0.25) is 0 Å². The van der Waals surface area contributed by atoms with E-state index in [-0.39, 0.29) is 18.2 Å². The molecule has 112 valence electrons. The smallest absolute Gasteiger partial charge is 0.323 e. The average molecular weight is 282 g/mol. The van der Waals surface area contributed by atoms with Crippen LogP contribution in [0.15, 0.2) is 12.3 Å². The molecule has 0 saturated carbocycles. The highest BCUT2D eigenvalue weighted by Crippen LogP contribution is 2.12. The van der Waals surface area contributed by atoms with Gasteiger partial charge < -0.3 is 14.4 Å². The Morgan fingerprint density at radius 1 is 1.50 bits per heavy atom. The van der Waals surface area contributed by atoms with Gasteiger partial charge in [0.25, 0.3) is 0 Å². The Kier molecular flexibility index (Phi) is 4.97. The van der Waals surface area contributed by atoms with Crippen LogP contribution in [0.4, 0.5) is 10.6 Å². The number of hydrogen-bond acceptors (Lipinski definition) is 4. The number of carbonyl (C=O) groups excluding carboxylic acids is 1. The first-order valence-electron chi connectivity index (χ1n) is 6.82. The minimum atomic E-state index is -0.135. The molecule has 20 heavy (non-hydrogen) atoms. The van der Waals surface area contributed by atoms with Crippen LogP contribution in [0.1, 0.15) is 13.8 Å². The molecule has 1 aliphatic heterocycles. The summed E-state index contributed by atoms with van der Waals surface area (Å²) in [6.45, 7) is 6.39.